The lowest BCUT2D eigenvalue weighted by molar-refractivity contribution is -0.571. The van der Waals surface area contributed by atoms with Crippen LogP contribution >= 0.6 is 0 Å². The molecule has 3 heterocycles. The molecule has 7 aromatic carbocycles. The zero-order chi connectivity index (χ0) is 55.5. The van der Waals surface area contributed by atoms with E-state index in [4.69, 9.17) is 19.3 Å². The van der Waals surface area contributed by atoms with Crippen molar-refractivity contribution in [2.75, 3.05) is 0 Å². The van der Waals surface area contributed by atoms with Gasteiger partial charge in [0.1, 0.15) is 17.3 Å². The SMILES string of the molecule is [2H]c1c([2H])c([2H])c(-c2cccc(-c3cc(C(C)(C)C)cc(C(C)(C)C)c3)c2-[n+]2[c-]n(-c3cccc(Oc4cc5c(c([2H])c4[2H])c4c([2H])c([2H])c([2H])c([2H])c4n5-c4cc(C(C)C(C)C)ccn4)c3)c3ccccc32)c([2H])c1[2H]. The van der Waals surface area contributed by atoms with Gasteiger partial charge in [0.2, 0.25) is 0 Å². The van der Waals surface area contributed by atoms with E-state index in [2.05, 4.69) is 86.8 Å². The summed E-state index contributed by atoms with van der Waals surface area (Å²) < 4.78 is 111. The zero-order valence-corrected chi connectivity index (χ0v) is 38.7. The Hall–Kier alpha value is -7.24. The van der Waals surface area contributed by atoms with Crippen molar-refractivity contribution < 1.29 is 24.4 Å². The van der Waals surface area contributed by atoms with E-state index < -0.39 is 30.2 Å². The minimum absolute atomic E-state index is 0.00590. The number of rotatable bonds is 9. The number of hydrogen-bond acceptors (Lipinski definition) is 2. The fourth-order valence-corrected chi connectivity index (χ4v) is 8.56. The normalized spacial score (nSPS) is 15.0. The predicted molar refractivity (Wildman–Crippen MR) is 274 cm³/mol. The summed E-state index contributed by atoms with van der Waals surface area (Å²) in [6.07, 6.45) is 5.28. The largest absolute Gasteiger partial charge is 0.458 e. The number of aromatic nitrogens is 4. The van der Waals surface area contributed by atoms with Crippen molar-refractivity contribution >= 4 is 32.8 Å². The van der Waals surface area contributed by atoms with E-state index >= 15 is 0 Å². The van der Waals surface area contributed by atoms with Crippen LogP contribution < -0.4 is 9.30 Å². The number of benzene rings is 7. The maximum Gasteiger partial charge on any atom is 0.269 e. The Morgan fingerprint density at radius 3 is 2.03 bits per heavy atom. The Morgan fingerprint density at radius 1 is 0.606 bits per heavy atom. The van der Waals surface area contributed by atoms with Gasteiger partial charge >= 0.3 is 0 Å². The lowest BCUT2D eigenvalue weighted by Crippen LogP contribution is -2.31. The van der Waals surface area contributed by atoms with Gasteiger partial charge in [-0.15, -0.1) is 0 Å². The number of imidazole rings is 1. The standard InChI is InChI=1S/C61H58N4O/c1-40(2)41(3)43-31-32-62-58(35-43)65-54-26-14-13-23-52(54)53-30-29-49(38-57(53)65)66-48-22-17-21-47(37-48)63-39-64(56-28-16-15-27-55(56)63)59-50(42-19-11-10-12-20-42)24-18-25-51(59)44-33-45(60(4,5)6)36-46(34-44)61(7,8)9/h10-38,40-41H,1-9H3/i10D,11D,12D,13D,14D,19D,20D,23D,26D,29D,30D. The van der Waals surface area contributed by atoms with Crippen LogP contribution in [-0.4, -0.2) is 14.1 Å². The van der Waals surface area contributed by atoms with Crippen molar-refractivity contribution in [2.45, 2.75) is 79.1 Å². The molecule has 10 rings (SSSR count). The minimum Gasteiger partial charge on any atom is -0.458 e. The molecule has 1 atom stereocenters. The smallest absolute Gasteiger partial charge is 0.269 e. The molecule has 0 aliphatic rings. The second-order valence-corrected chi connectivity index (χ2v) is 19.4. The maximum atomic E-state index is 9.45. The molecule has 66 heavy (non-hydrogen) atoms. The van der Waals surface area contributed by atoms with Gasteiger partial charge < -0.3 is 4.74 Å². The third kappa shape index (κ3) is 7.87. The Kier molecular flexibility index (Phi) is 7.97. The number of nitrogens with zero attached hydrogens (tertiary/aromatic N) is 4. The van der Waals surface area contributed by atoms with Crippen molar-refractivity contribution in [1.29, 1.82) is 0 Å². The number of ether oxygens (including phenoxy) is 1. The van der Waals surface area contributed by atoms with E-state index in [1.807, 2.05) is 63.7 Å². The van der Waals surface area contributed by atoms with Gasteiger partial charge in [0, 0.05) is 23.0 Å². The summed E-state index contributed by atoms with van der Waals surface area (Å²) in [5.74, 6) is 1.12. The number of fused-ring (bicyclic) bond motifs is 4. The number of para-hydroxylation sites is 4. The summed E-state index contributed by atoms with van der Waals surface area (Å²) in [5.41, 5.74) is 7.82. The van der Waals surface area contributed by atoms with Crippen LogP contribution in [0.3, 0.4) is 0 Å². The Morgan fingerprint density at radius 2 is 1.29 bits per heavy atom. The Balaban J connectivity index is 1.18. The summed E-state index contributed by atoms with van der Waals surface area (Å²) in [7, 11) is 0. The Bertz CT molecular complexity index is 4010. The predicted octanol–water partition coefficient (Wildman–Crippen LogP) is 15.7. The van der Waals surface area contributed by atoms with Crippen LogP contribution in [0, 0.1) is 12.2 Å². The average molecular weight is 874 g/mol. The molecule has 0 N–H and O–H groups in total. The molecule has 0 bridgehead atoms. The highest BCUT2D eigenvalue weighted by molar-refractivity contribution is 6.09. The molecule has 0 radical (unpaired) electrons. The van der Waals surface area contributed by atoms with E-state index in [1.165, 1.54) is 0 Å². The second-order valence-electron chi connectivity index (χ2n) is 19.4. The molecule has 10 aromatic rings. The van der Waals surface area contributed by atoms with Crippen LogP contribution in [0.4, 0.5) is 0 Å². The molecule has 0 fully saturated rings. The van der Waals surface area contributed by atoms with E-state index in [9.17, 15) is 5.48 Å². The molecule has 3 aromatic heterocycles. The van der Waals surface area contributed by atoms with E-state index in [-0.39, 0.29) is 86.5 Å². The van der Waals surface area contributed by atoms with E-state index in [1.54, 1.807) is 41.1 Å². The molecule has 0 aliphatic heterocycles. The summed E-state index contributed by atoms with van der Waals surface area (Å²) in [4.78, 5) is 4.71. The molecule has 1 unspecified atom stereocenters. The lowest BCUT2D eigenvalue weighted by atomic mass is 9.78. The first-order valence-electron chi connectivity index (χ1n) is 27.9. The number of pyridine rings is 1. The van der Waals surface area contributed by atoms with Crippen molar-refractivity contribution in [3.63, 3.8) is 0 Å². The zero-order valence-electron chi connectivity index (χ0n) is 49.7. The third-order valence-corrected chi connectivity index (χ3v) is 12.6. The molecular formula is C61H58N4O. The summed E-state index contributed by atoms with van der Waals surface area (Å²) >= 11 is 0. The van der Waals surface area contributed by atoms with Crippen LogP contribution in [0.2, 0.25) is 0 Å². The Labute approximate surface area is 405 Å². The van der Waals surface area contributed by atoms with Gasteiger partial charge in [0.05, 0.1) is 48.5 Å². The van der Waals surface area contributed by atoms with Crippen LogP contribution in [0.15, 0.2) is 176 Å². The van der Waals surface area contributed by atoms with Crippen molar-refractivity contribution in [3.8, 4) is 50.9 Å². The first-order chi connectivity index (χ1) is 36.3. The van der Waals surface area contributed by atoms with Gasteiger partial charge in [-0.25, -0.2) is 4.98 Å². The third-order valence-electron chi connectivity index (χ3n) is 12.6. The van der Waals surface area contributed by atoms with Gasteiger partial charge in [-0.1, -0.05) is 177 Å². The summed E-state index contributed by atoms with van der Waals surface area (Å²) in [6, 6.07) is 28.4. The van der Waals surface area contributed by atoms with Crippen LogP contribution in [0.1, 0.15) is 100 Å². The van der Waals surface area contributed by atoms with E-state index in [0.29, 0.717) is 45.1 Å². The van der Waals surface area contributed by atoms with Gasteiger partial charge in [-0.2, -0.15) is 0 Å². The van der Waals surface area contributed by atoms with Gasteiger partial charge in [-0.3, -0.25) is 13.7 Å². The molecule has 5 heteroatoms. The fraction of sp³-hybridized carbons (Fsp3) is 0.213. The highest BCUT2D eigenvalue weighted by Crippen LogP contribution is 2.40. The van der Waals surface area contributed by atoms with Gasteiger partial charge in [0.25, 0.3) is 6.33 Å². The maximum absolute atomic E-state index is 9.45. The average Bonchev–Trinajstić information content (AvgIpc) is 4.01. The van der Waals surface area contributed by atoms with Crippen LogP contribution in [-0.2, 0) is 10.8 Å². The first-order valence-corrected chi connectivity index (χ1v) is 22.4. The highest BCUT2D eigenvalue weighted by Gasteiger charge is 2.25. The second kappa shape index (κ2) is 16.6. The van der Waals surface area contributed by atoms with Crippen molar-refractivity contribution in [3.05, 3.63) is 199 Å². The summed E-state index contributed by atoms with van der Waals surface area (Å²) in [6.45, 7) is 19.4. The molecule has 0 aliphatic carbocycles. The summed E-state index contributed by atoms with van der Waals surface area (Å²) in [5, 5.41) is 0.279. The molecule has 0 amide bonds. The molecule has 0 saturated carbocycles. The number of hydrogen-bond donors (Lipinski definition) is 0. The molecule has 0 spiro atoms. The van der Waals surface area contributed by atoms with Crippen molar-refractivity contribution in [2.24, 2.45) is 5.92 Å². The highest BCUT2D eigenvalue weighted by atomic mass is 16.5. The van der Waals surface area contributed by atoms with Gasteiger partial charge in [-0.05, 0) is 110 Å². The fourth-order valence-electron chi connectivity index (χ4n) is 8.56. The lowest BCUT2D eigenvalue weighted by Gasteiger charge is -2.27. The molecule has 328 valence electrons. The van der Waals surface area contributed by atoms with E-state index in [0.717, 1.165) is 27.8 Å². The molecular weight excluding hydrogens is 805 g/mol. The quantitative estimate of drug-likeness (QED) is 0.107. The van der Waals surface area contributed by atoms with Crippen LogP contribution in [0.5, 0.6) is 11.5 Å². The molecule has 5 nitrogen and oxygen atoms in total. The topological polar surface area (TPSA) is 35.9 Å². The van der Waals surface area contributed by atoms with Crippen molar-refractivity contribution in [1.82, 2.24) is 14.1 Å². The minimum atomic E-state index is -0.487. The molecule has 0 saturated heterocycles. The monoisotopic (exact) mass is 874 g/mol. The van der Waals surface area contributed by atoms with Gasteiger partial charge in [0.15, 0.2) is 0 Å². The van der Waals surface area contributed by atoms with Crippen LogP contribution in [0.25, 0.3) is 72.3 Å². The first kappa shape index (κ1) is 31.6.